The summed E-state index contributed by atoms with van der Waals surface area (Å²) in [4.78, 5) is 51.1. The fourth-order valence-corrected chi connectivity index (χ4v) is 3.56. The van der Waals surface area contributed by atoms with Gasteiger partial charge in [-0.2, -0.15) is 0 Å². The van der Waals surface area contributed by atoms with Crippen LogP contribution in [0.3, 0.4) is 0 Å². The first-order chi connectivity index (χ1) is 15.9. The first kappa shape index (κ1) is 22.2. The highest BCUT2D eigenvalue weighted by Crippen LogP contribution is 2.36. The predicted octanol–water partition coefficient (Wildman–Crippen LogP) is 1.01. The summed E-state index contributed by atoms with van der Waals surface area (Å²) in [5.74, 6) is -2.31. The lowest BCUT2D eigenvalue weighted by atomic mass is 9.96. The van der Waals surface area contributed by atoms with Gasteiger partial charge in [0.25, 0.3) is 5.56 Å². The third-order valence-electron chi connectivity index (χ3n) is 5.08. The van der Waals surface area contributed by atoms with Crippen molar-refractivity contribution in [3.63, 3.8) is 0 Å². The number of aromatic amines is 1. The number of aliphatic hydroxyl groups excluding tert-OH is 1. The molecule has 10 heteroatoms. The Morgan fingerprint density at radius 1 is 0.939 bits per heavy atom. The number of hydrogen-bond donors (Lipinski definition) is 2. The van der Waals surface area contributed by atoms with Gasteiger partial charge in [0.1, 0.15) is 23.5 Å². The van der Waals surface area contributed by atoms with E-state index in [2.05, 4.69) is 4.98 Å². The van der Waals surface area contributed by atoms with Crippen LogP contribution < -0.4 is 20.7 Å². The number of H-pyrrole nitrogens is 1. The number of aromatic nitrogens is 2. The van der Waals surface area contributed by atoms with Gasteiger partial charge in [0.2, 0.25) is 0 Å². The van der Waals surface area contributed by atoms with E-state index in [9.17, 15) is 24.3 Å². The molecule has 0 aliphatic carbocycles. The summed E-state index contributed by atoms with van der Waals surface area (Å²) in [6.07, 6.45) is -3.29. The minimum Gasteiger partial charge on any atom is -0.426 e. The number of esters is 2. The molecule has 4 unspecified atom stereocenters. The Morgan fingerprint density at radius 2 is 1.55 bits per heavy atom. The molecule has 4 rings (SSSR count). The average molecular weight is 452 g/mol. The van der Waals surface area contributed by atoms with Crippen LogP contribution in [0.4, 0.5) is 0 Å². The van der Waals surface area contributed by atoms with Crippen LogP contribution in [-0.4, -0.2) is 38.8 Å². The summed E-state index contributed by atoms with van der Waals surface area (Å²) in [6.45, 7) is 0. The summed E-state index contributed by atoms with van der Waals surface area (Å²) in [6, 6.07) is 17.6. The smallest absolute Gasteiger partial charge is 0.330 e. The molecule has 2 aromatic carbocycles. The molecule has 1 aliphatic heterocycles. The molecule has 1 aliphatic rings. The molecule has 1 saturated heterocycles. The molecule has 33 heavy (non-hydrogen) atoms. The van der Waals surface area contributed by atoms with Crippen molar-refractivity contribution >= 4 is 11.9 Å². The molecule has 2 heterocycles. The molecule has 4 atom stereocenters. The summed E-state index contributed by atoms with van der Waals surface area (Å²) in [5, 5.41) is 10.9. The van der Waals surface area contributed by atoms with E-state index < -0.39 is 54.0 Å². The maximum Gasteiger partial charge on any atom is 0.330 e. The molecule has 0 saturated carbocycles. The Morgan fingerprint density at radius 3 is 2.15 bits per heavy atom. The number of nitrogens with zero attached hydrogens (tertiary/aromatic N) is 1. The van der Waals surface area contributed by atoms with E-state index in [1.807, 2.05) is 0 Å². The van der Waals surface area contributed by atoms with Crippen LogP contribution in [0.1, 0.15) is 12.6 Å². The topological polar surface area (TPSA) is 137 Å². The second-order valence-corrected chi connectivity index (χ2v) is 7.32. The molecule has 0 spiro atoms. The number of carbonyl (C=O) groups is 2. The summed E-state index contributed by atoms with van der Waals surface area (Å²) in [5.41, 5.74) is -1.47. The number of para-hydroxylation sites is 2. The molecular formula is C23H20N2O8. The van der Waals surface area contributed by atoms with Gasteiger partial charge in [0.05, 0.1) is 12.5 Å². The third kappa shape index (κ3) is 5.08. The molecular weight excluding hydrogens is 432 g/mol. The number of hydrogen-bond acceptors (Lipinski definition) is 8. The molecule has 1 aromatic heterocycles. The zero-order valence-corrected chi connectivity index (χ0v) is 17.2. The highest BCUT2D eigenvalue weighted by Gasteiger charge is 2.50. The second kappa shape index (κ2) is 9.63. The van der Waals surface area contributed by atoms with Crippen LogP contribution in [0.5, 0.6) is 11.5 Å². The summed E-state index contributed by atoms with van der Waals surface area (Å²) >= 11 is 0. The molecule has 170 valence electrons. The second-order valence-electron chi connectivity index (χ2n) is 7.32. The van der Waals surface area contributed by atoms with Crippen LogP contribution in [0.15, 0.2) is 82.5 Å². The van der Waals surface area contributed by atoms with Gasteiger partial charge in [-0.25, -0.2) is 4.79 Å². The molecule has 0 bridgehead atoms. The van der Waals surface area contributed by atoms with Crippen molar-refractivity contribution in [2.75, 3.05) is 0 Å². The Labute approximate surface area is 187 Å². The van der Waals surface area contributed by atoms with Gasteiger partial charge >= 0.3 is 17.6 Å². The number of nitrogens with one attached hydrogen (secondary N) is 1. The van der Waals surface area contributed by atoms with Gasteiger partial charge in [-0.15, -0.1) is 0 Å². The first-order valence-electron chi connectivity index (χ1n) is 10.1. The summed E-state index contributed by atoms with van der Waals surface area (Å²) in [7, 11) is 0. The van der Waals surface area contributed by atoms with E-state index in [0.717, 1.165) is 16.8 Å². The largest absolute Gasteiger partial charge is 0.426 e. The summed E-state index contributed by atoms with van der Waals surface area (Å²) < 4.78 is 17.3. The molecule has 0 radical (unpaired) electrons. The number of benzene rings is 2. The lowest BCUT2D eigenvalue weighted by molar-refractivity contribution is -0.145. The minimum atomic E-state index is -1.54. The van der Waals surface area contributed by atoms with Gasteiger partial charge < -0.3 is 19.3 Å². The van der Waals surface area contributed by atoms with E-state index in [-0.39, 0.29) is 5.75 Å². The van der Waals surface area contributed by atoms with E-state index in [1.54, 1.807) is 60.7 Å². The van der Waals surface area contributed by atoms with E-state index in [1.165, 1.54) is 0 Å². The van der Waals surface area contributed by atoms with Crippen LogP contribution >= 0.6 is 0 Å². The molecule has 3 aromatic rings. The Balaban J connectivity index is 1.59. The zero-order valence-electron chi connectivity index (χ0n) is 17.2. The molecule has 1 fully saturated rings. The average Bonchev–Trinajstić information content (AvgIpc) is 3.10. The standard InChI is InChI=1S/C23H20N2O8/c26-17-11-12-25(23(30)24-17)21-20(28)19(22(29)32-15-9-5-2-6-10-15)16(33-21)13-18(27)31-14-7-3-1-4-8-14/h1-12,16,19-21,28H,13H2,(H,24,26,30). The van der Waals surface area contributed by atoms with Crippen molar-refractivity contribution in [1.82, 2.24) is 9.55 Å². The van der Waals surface area contributed by atoms with Gasteiger partial charge in [-0.3, -0.25) is 23.9 Å². The minimum absolute atomic E-state index is 0.241. The van der Waals surface area contributed by atoms with E-state index in [0.29, 0.717) is 5.75 Å². The monoisotopic (exact) mass is 452 g/mol. The van der Waals surface area contributed by atoms with Crippen molar-refractivity contribution in [2.45, 2.75) is 24.9 Å². The number of carbonyl (C=O) groups excluding carboxylic acids is 2. The number of rotatable bonds is 6. The van der Waals surface area contributed by atoms with Crippen molar-refractivity contribution in [3.05, 3.63) is 93.8 Å². The van der Waals surface area contributed by atoms with Crippen molar-refractivity contribution in [1.29, 1.82) is 0 Å². The quantitative estimate of drug-likeness (QED) is 0.418. The van der Waals surface area contributed by atoms with E-state index >= 15 is 0 Å². The van der Waals surface area contributed by atoms with E-state index in [4.69, 9.17) is 14.2 Å². The zero-order chi connectivity index (χ0) is 23.4. The Kier molecular flexibility index (Phi) is 6.48. The number of ether oxygens (including phenoxy) is 3. The van der Waals surface area contributed by atoms with Crippen LogP contribution in [0, 0.1) is 5.92 Å². The van der Waals surface area contributed by atoms with Gasteiger partial charge in [-0.1, -0.05) is 36.4 Å². The Bertz CT molecular complexity index is 1240. The number of aliphatic hydroxyl groups is 1. The fourth-order valence-electron chi connectivity index (χ4n) is 3.56. The van der Waals surface area contributed by atoms with Crippen LogP contribution in [-0.2, 0) is 14.3 Å². The lowest BCUT2D eigenvalue weighted by Gasteiger charge is -2.18. The van der Waals surface area contributed by atoms with Crippen molar-refractivity contribution < 1.29 is 28.9 Å². The molecule has 0 amide bonds. The lowest BCUT2D eigenvalue weighted by Crippen LogP contribution is -2.39. The highest BCUT2D eigenvalue weighted by atomic mass is 16.6. The first-order valence-corrected chi connectivity index (χ1v) is 10.1. The van der Waals surface area contributed by atoms with Gasteiger partial charge in [0.15, 0.2) is 6.23 Å². The van der Waals surface area contributed by atoms with Crippen molar-refractivity contribution in [2.24, 2.45) is 5.92 Å². The maximum absolute atomic E-state index is 12.9. The highest BCUT2D eigenvalue weighted by molar-refractivity contribution is 5.79. The molecule has 10 nitrogen and oxygen atoms in total. The normalized spacial score (nSPS) is 22.0. The maximum atomic E-state index is 12.9. The van der Waals surface area contributed by atoms with Crippen LogP contribution in [0.2, 0.25) is 0 Å². The molecule has 2 N–H and O–H groups in total. The SMILES string of the molecule is O=C(CC1OC(n2ccc(=O)[nH]c2=O)C(O)C1C(=O)Oc1ccccc1)Oc1ccccc1. The van der Waals surface area contributed by atoms with Gasteiger partial charge in [-0.05, 0) is 24.3 Å². The Hall–Kier alpha value is -4.02. The predicted molar refractivity (Wildman–Crippen MR) is 114 cm³/mol. The fraction of sp³-hybridized carbons (Fsp3) is 0.217. The van der Waals surface area contributed by atoms with Crippen molar-refractivity contribution in [3.8, 4) is 11.5 Å². The van der Waals surface area contributed by atoms with Crippen LogP contribution in [0.25, 0.3) is 0 Å². The third-order valence-corrected chi connectivity index (χ3v) is 5.08. The van der Waals surface area contributed by atoms with Gasteiger partial charge in [0, 0.05) is 12.3 Å².